The number of aliphatic hydroxyl groups excluding tert-OH is 2. The second kappa shape index (κ2) is 5.76. The maximum atomic E-state index is 10.7. The summed E-state index contributed by atoms with van der Waals surface area (Å²) in [6, 6.07) is 2.60. The summed E-state index contributed by atoms with van der Waals surface area (Å²) in [5.74, 6) is 0. The van der Waals surface area contributed by atoms with Crippen LogP contribution in [0.4, 0.5) is 11.4 Å². The van der Waals surface area contributed by atoms with Crippen molar-refractivity contribution in [3.8, 4) is 0 Å². The molecule has 1 aromatic carbocycles. The Hall–Kier alpha value is -1.70. The molecule has 2 atom stereocenters. The average molecular weight is 255 g/mol. The minimum atomic E-state index is -1.20. The van der Waals surface area contributed by atoms with Gasteiger partial charge < -0.3 is 21.7 Å². The Balaban J connectivity index is 3.11. The van der Waals surface area contributed by atoms with E-state index in [9.17, 15) is 20.3 Å². The number of rotatable bonds is 5. The number of hydrogen-bond donors (Lipinski definition) is 4. The summed E-state index contributed by atoms with van der Waals surface area (Å²) in [5, 5.41) is 30.3. The number of hydrogen-bond acceptors (Lipinski definition) is 6. The molecule has 0 spiro atoms. The van der Waals surface area contributed by atoms with E-state index in [1.807, 2.05) is 0 Å². The van der Waals surface area contributed by atoms with E-state index in [4.69, 9.17) is 11.5 Å². The molecule has 0 radical (unpaired) electrons. The molecular formula is C11H17N3O4. The minimum absolute atomic E-state index is 0.0795. The second-order valence-electron chi connectivity index (χ2n) is 4.11. The van der Waals surface area contributed by atoms with Gasteiger partial charge in [-0.15, -0.1) is 0 Å². The molecule has 0 fully saturated rings. The molecule has 6 N–H and O–H groups in total. The SMILES string of the molecule is Cc1cc(C(O)C(O)CCN)c(N)cc1[N+](=O)[O-]. The average Bonchev–Trinajstić information content (AvgIpc) is 2.30. The number of nitro benzene ring substituents is 1. The van der Waals surface area contributed by atoms with Crippen molar-refractivity contribution in [2.24, 2.45) is 5.73 Å². The van der Waals surface area contributed by atoms with Gasteiger partial charge in [0.2, 0.25) is 0 Å². The van der Waals surface area contributed by atoms with E-state index in [-0.39, 0.29) is 29.9 Å². The van der Waals surface area contributed by atoms with Crippen molar-refractivity contribution >= 4 is 11.4 Å². The number of nitrogen functional groups attached to an aromatic ring is 1. The van der Waals surface area contributed by atoms with Crippen LogP contribution in [0.15, 0.2) is 12.1 Å². The van der Waals surface area contributed by atoms with Crippen molar-refractivity contribution < 1.29 is 15.1 Å². The number of benzene rings is 1. The van der Waals surface area contributed by atoms with Gasteiger partial charge in [0, 0.05) is 22.9 Å². The molecule has 7 heteroatoms. The molecule has 18 heavy (non-hydrogen) atoms. The third-order valence-electron chi connectivity index (χ3n) is 2.74. The predicted octanol–water partition coefficient (Wildman–Crippen LogP) is 0.229. The molecule has 0 saturated heterocycles. The highest BCUT2D eigenvalue weighted by Crippen LogP contribution is 2.30. The lowest BCUT2D eigenvalue weighted by Gasteiger charge is -2.19. The third-order valence-corrected chi connectivity index (χ3v) is 2.74. The number of anilines is 1. The van der Waals surface area contributed by atoms with Crippen molar-refractivity contribution in [2.45, 2.75) is 25.6 Å². The molecule has 0 saturated carbocycles. The number of nitro groups is 1. The fraction of sp³-hybridized carbons (Fsp3) is 0.455. The molecule has 0 aromatic heterocycles. The first-order chi connectivity index (χ1) is 8.38. The van der Waals surface area contributed by atoms with Crippen LogP contribution < -0.4 is 11.5 Å². The zero-order chi connectivity index (χ0) is 13.9. The highest BCUT2D eigenvalue weighted by molar-refractivity contribution is 5.58. The molecule has 0 bridgehead atoms. The van der Waals surface area contributed by atoms with Gasteiger partial charge in [0.15, 0.2) is 0 Å². The first-order valence-electron chi connectivity index (χ1n) is 5.49. The quantitative estimate of drug-likeness (QED) is 0.338. The Labute approximate surface area is 104 Å². The lowest BCUT2D eigenvalue weighted by atomic mass is 9.98. The summed E-state index contributed by atoms with van der Waals surface area (Å²) in [7, 11) is 0. The normalized spacial score (nSPS) is 14.2. The van der Waals surface area contributed by atoms with E-state index >= 15 is 0 Å². The van der Waals surface area contributed by atoms with Gasteiger partial charge in [0.05, 0.1) is 11.0 Å². The van der Waals surface area contributed by atoms with Crippen molar-refractivity contribution in [1.82, 2.24) is 0 Å². The van der Waals surface area contributed by atoms with Crippen LogP contribution in [-0.2, 0) is 0 Å². The van der Waals surface area contributed by atoms with E-state index in [2.05, 4.69) is 0 Å². The molecule has 0 amide bonds. The van der Waals surface area contributed by atoms with Gasteiger partial charge in [-0.3, -0.25) is 10.1 Å². The van der Waals surface area contributed by atoms with E-state index in [0.29, 0.717) is 5.56 Å². The molecule has 7 nitrogen and oxygen atoms in total. The van der Waals surface area contributed by atoms with E-state index in [1.165, 1.54) is 12.1 Å². The van der Waals surface area contributed by atoms with Crippen LogP contribution >= 0.6 is 0 Å². The monoisotopic (exact) mass is 255 g/mol. The van der Waals surface area contributed by atoms with Gasteiger partial charge in [0.25, 0.3) is 5.69 Å². The minimum Gasteiger partial charge on any atom is -0.398 e. The van der Waals surface area contributed by atoms with Crippen molar-refractivity contribution in [3.63, 3.8) is 0 Å². The van der Waals surface area contributed by atoms with Crippen LogP contribution in [-0.4, -0.2) is 27.8 Å². The summed E-state index contributed by atoms with van der Waals surface area (Å²) in [6.45, 7) is 1.77. The molecular weight excluding hydrogens is 238 g/mol. The first-order valence-corrected chi connectivity index (χ1v) is 5.49. The molecule has 1 aromatic rings. The van der Waals surface area contributed by atoms with Gasteiger partial charge in [-0.2, -0.15) is 0 Å². The topological polar surface area (TPSA) is 136 Å². The lowest BCUT2D eigenvalue weighted by molar-refractivity contribution is -0.385. The Morgan fingerprint density at radius 3 is 2.56 bits per heavy atom. The zero-order valence-corrected chi connectivity index (χ0v) is 10.0. The predicted molar refractivity (Wildman–Crippen MR) is 66.9 cm³/mol. The van der Waals surface area contributed by atoms with Gasteiger partial charge in [-0.25, -0.2) is 0 Å². The van der Waals surface area contributed by atoms with Crippen LogP contribution in [0.3, 0.4) is 0 Å². The number of aliphatic hydroxyl groups is 2. The Morgan fingerprint density at radius 2 is 2.06 bits per heavy atom. The number of aryl methyl sites for hydroxylation is 1. The van der Waals surface area contributed by atoms with Crippen LogP contribution in [0, 0.1) is 17.0 Å². The molecule has 1 rings (SSSR count). The van der Waals surface area contributed by atoms with Crippen LogP contribution in [0.5, 0.6) is 0 Å². The molecule has 0 aliphatic rings. The summed E-state index contributed by atoms with van der Waals surface area (Å²) in [4.78, 5) is 10.2. The number of nitrogens with zero attached hydrogens (tertiary/aromatic N) is 1. The number of nitrogens with two attached hydrogens (primary N) is 2. The van der Waals surface area contributed by atoms with E-state index in [1.54, 1.807) is 6.92 Å². The highest BCUT2D eigenvalue weighted by Gasteiger charge is 2.23. The highest BCUT2D eigenvalue weighted by atomic mass is 16.6. The summed E-state index contributed by atoms with van der Waals surface area (Å²) < 4.78 is 0. The standard InChI is InChI=1S/C11H17N3O4/c1-6-4-7(11(16)10(15)2-3-12)8(13)5-9(6)14(17)18/h4-5,10-11,15-16H,2-3,12-13H2,1H3. The fourth-order valence-corrected chi connectivity index (χ4v) is 1.72. The van der Waals surface area contributed by atoms with Gasteiger partial charge in [-0.1, -0.05) is 0 Å². The zero-order valence-electron chi connectivity index (χ0n) is 10.0. The Morgan fingerprint density at radius 1 is 1.44 bits per heavy atom. The van der Waals surface area contributed by atoms with Crippen LogP contribution in [0.25, 0.3) is 0 Å². The largest absolute Gasteiger partial charge is 0.398 e. The smallest absolute Gasteiger partial charge is 0.274 e. The van der Waals surface area contributed by atoms with Gasteiger partial charge >= 0.3 is 0 Å². The first kappa shape index (κ1) is 14.4. The third kappa shape index (κ3) is 2.95. The maximum Gasteiger partial charge on any atom is 0.274 e. The molecule has 0 aliphatic heterocycles. The van der Waals surface area contributed by atoms with Crippen molar-refractivity contribution in [2.75, 3.05) is 12.3 Å². The maximum absolute atomic E-state index is 10.7. The lowest BCUT2D eigenvalue weighted by Crippen LogP contribution is -2.22. The van der Waals surface area contributed by atoms with Gasteiger partial charge in [-0.05, 0) is 26.0 Å². The summed E-state index contributed by atoms with van der Waals surface area (Å²) >= 11 is 0. The van der Waals surface area contributed by atoms with E-state index in [0.717, 1.165) is 0 Å². The molecule has 100 valence electrons. The van der Waals surface area contributed by atoms with Crippen LogP contribution in [0.1, 0.15) is 23.7 Å². The molecule has 0 aliphatic carbocycles. The van der Waals surface area contributed by atoms with Gasteiger partial charge in [0.1, 0.15) is 6.10 Å². The second-order valence-corrected chi connectivity index (χ2v) is 4.11. The molecule has 0 heterocycles. The Bertz CT molecular complexity index is 450. The summed E-state index contributed by atoms with van der Waals surface area (Å²) in [5.41, 5.74) is 11.6. The Kier molecular flexibility index (Phi) is 4.60. The van der Waals surface area contributed by atoms with E-state index < -0.39 is 17.1 Å². The van der Waals surface area contributed by atoms with Crippen molar-refractivity contribution in [3.05, 3.63) is 33.4 Å². The van der Waals surface area contributed by atoms with Crippen LogP contribution in [0.2, 0.25) is 0 Å². The van der Waals surface area contributed by atoms with Crippen molar-refractivity contribution in [1.29, 1.82) is 0 Å². The molecule has 2 unspecified atom stereocenters. The summed E-state index contributed by atoms with van der Waals surface area (Å²) in [6.07, 6.45) is -2.03. The fourth-order valence-electron chi connectivity index (χ4n) is 1.72.